The molecular weight excluding hydrogens is 198 g/mol. The highest BCUT2D eigenvalue weighted by molar-refractivity contribution is 4.77. The Labute approximate surface area is 101 Å². The summed E-state index contributed by atoms with van der Waals surface area (Å²) in [6, 6.07) is 0. The van der Waals surface area contributed by atoms with E-state index in [9.17, 15) is 0 Å². The van der Waals surface area contributed by atoms with Crippen molar-refractivity contribution in [1.29, 1.82) is 0 Å². The summed E-state index contributed by atoms with van der Waals surface area (Å²) in [7, 11) is 2.06. The van der Waals surface area contributed by atoms with Crippen LogP contribution in [0.25, 0.3) is 0 Å². The third-order valence-corrected chi connectivity index (χ3v) is 3.58. The van der Waals surface area contributed by atoms with Gasteiger partial charge in [-0.3, -0.25) is 0 Å². The van der Waals surface area contributed by atoms with Crippen LogP contribution >= 0.6 is 0 Å². The van der Waals surface area contributed by atoms with Crippen molar-refractivity contribution in [3.05, 3.63) is 0 Å². The molecule has 1 rings (SSSR count). The largest absolute Gasteiger partial charge is 0.319 e. The van der Waals surface area contributed by atoms with Crippen LogP contribution in [0.4, 0.5) is 0 Å². The molecule has 1 fully saturated rings. The lowest BCUT2D eigenvalue weighted by Crippen LogP contribution is -2.35. The van der Waals surface area contributed by atoms with Crippen molar-refractivity contribution in [3.63, 3.8) is 0 Å². The zero-order valence-electron chi connectivity index (χ0n) is 11.3. The van der Waals surface area contributed by atoms with Crippen molar-refractivity contribution < 1.29 is 0 Å². The number of likely N-dealkylation sites (tertiary alicyclic amines) is 1. The Morgan fingerprint density at radius 2 is 2.12 bits per heavy atom. The maximum atomic E-state index is 3.29. The lowest BCUT2D eigenvalue weighted by Gasteiger charge is -2.23. The van der Waals surface area contributed by atoms with Gasteiger partial charge in [-0.2, -0.15) is 0 Å². The van der Waals surface area contributed by atoms with E-state index in [4.69, 9.17) is 0 Å². The minimum Gasteiger partial charge on any atom is -0.319 e. The monoisotopic (exact) mass is 227 g/mol. The molecule has 16 heavy (non-hydrogen) atoms. The third kappa shape index (κ3) is 4.81. The molecule has 1 aliphatic heterocycles. The second kappa shape index (κ2) is 8.04. The zero-order chi connectivity index (χ0) is 11.8. The van der Waals surface area contributed by atoms with E-state index in [1.54, 1.807) is 0 Å². The Balaban J connectivity index is 2.13. The number of rotatable bonds is 8. The van der Waals surface area contributed by atoms with Gasteiger partial charge in [0.15, 0.2) is 0 Å². The summed E-state index contributed by atoms with van der Waals surface area (Å²) in [4.78, 5) is 5.19. The summed E-state index contributed by atoms with van der Waals surface area (Å²) in [5.74, 6) is 0.881. The van der Waals surface area contributed by atoms with Crippen molar-refractivity contribution in [2.45, 2.75) is 26.7 Å². The third-order valence-electron chi connectivity index (χ3n) is 3.58. The van der Waals surface area contributed by atoms with Crippen molar-refractivity contribution in [1.82, 2.24) is 15.1 Å². The van der Waals surface area contributed by atoms with Gasteiger partial charge in [0.05, 0.1) is 0 Å². The van der Waals surface area contributed by atoms with E-state index in [0.29, 0.717) is 0 Å². The van der Waals surface area contributed by atoms with Gasteiger partial charge in [0.2, 0.25) is 0 Å². The molecule has 1 N–H and O–H groups in total. The van der Waals surface area contributed by atoms with Crippen LogP contribution in [-0.4, -0.2) is 62.7 Å². The van der Waals surface area contributed by atoms with Gasteiger partial charge in [-0.05, 0) is 52.0 Å². The smallest absolute Gasteiger partial charge is 0.0109 e. The molecule has 3 nitrogen and oxygen atoms in total. The van der Waals surface area contributed by atoms with Gasteiger partial charge in [-0.25, -0.2) is 0 Å². The quantitative estimate of drug-likeness (QED) is 0.673. The Morgan fingerprint density at radius 3 is 2.75 bits per heavy atom. The lowest BCUT2D eigenvalue weighted by molar-refractivity contribution is 0.229. The first-order valence-corrected chi connectivity index (χ1v) is 6.89. The van der Waals surface area contributed by atoms with Crippen LogP contribution in [0.15, 0.2) is 0 Å². The van der Waals surface area contributed by atoms with E-state index in [2.05, 4.69) is 36.0 Å². The lowest BCUT2D eigenvalue weighted by atomic mass is 10.1. The van der Waals surface area contributed by atoms with Crippen LogP contribution in [0, 0.1) is 5.92 Å². The summed E-state index contributed by atoms with van der Waals surface area (Å²) in [5.41, 5.74) is 0. The van der Waals surface area contributed by atoms with E-state index >= 15 is 0 Å². The zero-order valence-corrected chi connectivity index (χ0v) is 11.3. The second-order valence-corrected chi connectivity index (χ2v) is 4.95. The first-order valence-electron chi connectivity index (χ1n) is 6.89. The molecule has 0 spiro atoms. The van der Waals surface area contributed by atoms with E-state index in [-0.39, 0.29) is 0 Å². The molecule has 0 saturated carbocycles. The number of nitrogens with zero attached hydrogens (tertiary/aromatic N) is 2. The highest BCUT2D eigenvalue weighted by Crippen LogP contribution is 2.14. The first-order chi connectivity index (χ1) is 7.80. The predicted molar refractivity (Wildman–Crippen MR) is 70.9 cm³/mol. The van der Waals surface area contributed by atoms with Gasteiger partial charge in [-0.15, -0.1) is 0 Å². The van der Waals surface area contributed by atoms with Crippen LogP contribution in [0.2, 0.25) is 0 Å². The Kier molecular flexibility index (Phi) is 7.01. The molecule has 1 heterocycles. The number of hydrogen-bond acceptors (Lipinski definition) is 3. The number of nitrogens with one attached hydrogen (secondary N) is 1. The molecule has 1 aliphatic rings. The molecule has 0 radical (unpaired) electrons. The van der Waals surface area contributed by atoms with Crippen LogP contribution in [0.3, 0.4) is 0 Å². The van der Waals surface area contributed by atoms with Crippen LogP contribution in [-0.2, 0) is 0 Å². The molecule has 0 amide bonds. The maximum absolute atomic E-state index is 3.29. The van der Waals surface area contributed by atoms with E-state index in [0.717, 1.165) is 5.92 Å². The fourth-order valence-corrected chi connectivity index (χ4v) is 2.60. The van der Waals surface area contributed by atoms with Crippen LogP contribution < -0.4 is 5.32 Å². The summed E-state index contributed by atoms with van der Waals surface area (Å²) < 4.78 is 0. The molecule has 0 aliphatic carbocycles. The van der Waals surface area contributed by atoms with Gasteiger partial charge in [-0.1, -0.05) is 13.8 Å². The molecule has 96 valence electrons. The van der Waals surface area contributed by atoms with Gasteiger partial charge < -0.3 is 15.1 Å². The minimum atomic E-state index is 0.881. The van der Waals surface area contributed by atoms with Crippen molar-refractivity contribution in [2.24, 2.45) is 5.92 Å². The standard InChI is InChI=1S/C13H29N3/c1-4-7-15(5-2)9-10-16-8-6-13(12-16)11-14-3/h13-14H,4-12H2,1-3H3. The predicted octanol–water partition coefficient (Wildman–Crippen LogP) is 1.26. The van der Waals surface area contributed by atoms with E-state index in [1.165, 1.54) is 58.7 Å². The molecule has 0 aromatic carbocycles. The van der Waals surface area contributed by atoms with Gasteiger partial charge in [0, 0.05) is 19.6 Å². The van der Waals surface area contributed by atoms with Gasteiger partial charge in [0.25, 0.3) is 0 Å². The molecule has 1 saturated heterocycles. The Hall–Kier alpha value is -0.120. The van der Waals surface area contributed by atoms with Crippen molar-refractivity contribution in [3.8, 4) is 0 Å². The average Bonchev–Trinajstić information content (AvgIpc) is 2.72. The fraction of sp³-hybridized carbons (Fsp3) is 1.00. The second-order valence-electron chi connectivity index (χ2n) is 4.95. The van der Waals surface area contributed by atoms with E-state index in [1.807, 2.05) is 0 Å². The Morgan fingerprint density at radius 1 is 1.31 bits per heavy atom. The maximum Gasteiger partial charge on any atom is 0.0109 e. The van der Waals surface area contributed by atoms with E-state index < -0.39 is 0 Å². The van der Waals surface area contributed by atoms with Crippen LogP contribution in [0.1, 0.15) is 26.7 Å². The first kappa shape index (κ1) is 13.9. The topological polar surface area (TPSA) is 18.5 Å². The highest BCUT2D eigenvalue weighted by atomic mass is 15.2. The average molecular weight is 227 g/mol. The summed E-state index contributed by atoms with van der Waals surface area (Å²) in [5, 5.41) is 3.29. The fourth-order valence-electron chi connectivity index (χ4n) is 2.60. The number of hydrogen-bond donors (Lipinski definition) is 1. The van der Waals surface area contributed by atoms with Crippen molar-refractivity contribution >= 4 is 0 Å². The van der Waals surface area contributed by atoms with Crippen LogP contribution in [0.5, 0.6) is 0 Å². The molecule has 0 aromatic rings. The summed E-state index contributed by atoms with van der Waals surface area (Å²) in [6.07, 6.45) is 2.65. The molecular formula is C13H29N3. The molecule has 1 unspecified atom stereocenters. The Bertz CT molecular complexity index is 173. The normalized spacial score (nSPS) is 22.1. The molecule has 0 bridgehead atoms. The highest BCUT2D eigenvalue weighted by Gasteiger charge is 2.21. The summed E-state index contributed by atoms with van der Waals surface area (Å²) >= 11 is 0. The summed E-state index contributed by atoms with van der Waals surface area (Å²) in [6.45, 7) is 13.3. The minimum absolute atomic E-state index is 0.881. The van der Waals surface area contributed by atoms with Crippen molar-refractivity contribution in [2.75, 3.05) is 52.9 Å². The molecule has 1 atom stereocenters. The molecule has 0 aromatic heterocycles. The molecule has 3 heteroatoms. The van der Waals surface area contributed by atoms with Gasteiger partial charge >= 0.3 is 0 Å². The number of likely N-dealkylation sites (N-methyl/N-ethyl adjacent to an activating group) is 1. The SMILES string of the molecule is CCCN(CC)CCN1CCC(CNC)C1. The van der Waals surface area contributed by atoms with Gasteiger partial charge in [0.1, 0.15) is 0 Å².